The minimum Gasteiger partial charge on any atom is -0.304 e. The quantitative estimate of drug-likeness (QED) is 0.774. The van der Waals surface area contributed by atoms with Gasteiger partial charge in [0, 0.05) is 0 Å². The van der Waals surface area contributed by atoms with E-state index in [1.54, 1.807) is 6.07 Å². The van der Waals surface area contributed by atoms with Crippen molar-refractivity contribution in [1.82, 2.24) is 4.90 Å². The lowest BCUT2D eigenvalue weighted by atomic mass is 9.85. The van der Waals surface area contributed by atoms with Crippen LogP contribution in [0.2, 0.25) is 0 Å². The Kier molecular flexibility index (Phi) is 4.16. The van der Waals surface area contributed by atoms with Crippen molar-refractivity contribution in [3.8, 4) is 0 Å². The lowest BCUT2D eigenvalue weighted by Gasteiger charge is -2.32. The first-order chi connectivity index (χ1) is 8.26. The Morgan fingerprint density at radius 2 is 1.94 bits per heavy atom. The first-order valence-corrected chi connectivity index (χ1v) is 6.75. The summed E-state index contributed by atoms with van der Waals surface area (Å²) in [6, 6.07) is 5.52. The topological polar surface area (TPSA) is 3.24 Å². The maximum absolute atomic E-state index is 14.0. The number of aryl methyl sites for hydroxylation is 1. The van der Waals surface area contributed by atoms with E-state index in [1.165, 1.54) is 5.56 Å². The van der Waals surface area contributed by atoms with Crippen LogP contribution in [0.1, 0.15) is 43.7 Å². The van der Waals surface area contributed by atoms with Crippen molar-refractivity contribution in [2.75, 3.05) is 19.6 Å². The van der Waals surface area contributed by atoms with Crippen LogP contribution in [0.25, 0.3) is 0 Å². The van der Waals surface area contributed by atoms with Crippen molar-refractivity contribution in [3.05, 3.63) is 35.1 Å². The van der Waals surface area contributed by atoms with Gasteiger partial charge >= 0.3 is 0 Å². The van der Waals surface area contributed by atoms with Gasteiger partial charge in [0.25, 0.3) is 0 Å². The Bertz CT molecular complexity index is 367. The van der Waals surface area contributed by atoms with E-state index in [0.717, 1.165) is 44.5 Å². The van der Waals surface area contributed by atoms with Crippen LogP contribution in [0, 0.1) is 5.82 Å². The summed E-state index contributed by atoms with van der Waals surface area (Å²) in [5.41, 5.74) is 2.19. The molecule has 0 atom stereocenters. The van der Waals surface area contributed by atoms with Gasteiger partial charge in [-0.1, -0.05) is 26.0 Å². The number of benzene rings is 1. The standard InChI is InChI=1S/C15H22FN/c1-3-12-6-5-7-14(16)15(12)13-8-10-17(4-2)11-9-13/h5-7,13H,3-4,8-11H2,1-2H3. The minimum absolute atomic E-state index is 0.000650. The molecule has 0 unspecified atom stereocenters. The zero-order valence-electron chi connectivity index (χ0n) is 10.9. The molecule has 0 radical (unpaired) electrons. The second-order valence-electron chi connectivity index (χ2n) is 4.87. The summed E-state index contributed by atoms with van der Waals surface area (Å²) in [5, 5.41) is 0. The number of nitrogens with zero attached hydrogens (tertiary/aromatic N) is 1. The predicted molar refractivity (Wildman–Crippen MR) is 69.9 cm³/mol. The molecule has 1 fully saturated rings. The summed E-state index contributed by atoms with van der Waals surface area (Å²) >= 11 is 0. The summed E-state index contributed by atoms with van der Waals surface area (Å²) in [6.07, 6.45) is 3.13. The molecule has 1 aromatic carbocycles. The highest BCUT2D eigenvalue weighted by Crippen LogP contribution is 2.32. The number of hydrogen-bond donors (Lipinski definition) is 0. The maximum atomic E-state index is 14.0. The highest BCUT2D eigenvalue weighted by molar-refractivity contribution is 5.32. The average molecular weight is 235 g/mol. The molecule has 0 bridgehead atoms. The van der Waals surface area contributed by atoms with Crippen molar-refractivity contribution in [2.45, 2.75) is 39.0 Å². The van der Waals surface area contributed by atoms with Crippen molar-refractivity contribution in [1.29, 1.82) is 0 Å². The van der Waals surface area contributed by atoms with E-state index in [1.807, 2.05) is 6.07 Å². The third kappa shape index (κ3) is 2.68. The normalized spacial score (nSPS) is 18.5. The van der Waals surface area contributed by atoms with Gasteiger partial charge < -0.3 is 4.90 Å². The molecule has 1 nitrogen and oxygen atoms in total. The van der Waals surface area contributed by atoms with Crippen LogP contribution in [0.15, 0.2) is 18.2 Å². The summed E-state index contributed by atoms with van der Waals surface area (Å²) < 4.78 is 14.0. The average Bonchev–Trinajstić information content (AvgIpc) is 2.38. The van der Waals surface area contributed by atoms with E-state index in [2.05, 4.69) is 24.8 Å². The van der Waals surface area contributed by atoms with Gasteiger partial charge in [0.15, 0.2) is 0 Å². The molecule has 0 aromatic heterocycles. The molecule has 0 saturated carbocycles. The first kappa shape index (κ1) is 12.6. The summed E-state index contributed by atoms with van der Waals surface area (Å²) in [6.45, 7) is 7.64. The molecular formula is C15H22FN. The SMILES string of the molecule is CCc1cccc(F)c1C1CCN(CC)CC1. The number of rotatable bonds is 3. The summed E-state index contributed by atoms with van der Waals surface area (Å²) in [5.74, 6) is 0.424. The monoisotopic (exact) mass is 235 g/mol. The van der Waals surface area contributed by atoms with Crippen LogP contribution in [-0.2, 0) is 6.42 Å². The van der Waals surface area contributed by atoms with Gasteiger partial charge in [-0.25, -0.2) is 4.39 Å². The predicted octanol–water partition coefficient (Wildman–Crippen LogP) is 3.59. The third-order valence-electron chi connectivity index (χ3n) is 3.97. The Hall–Kier alpha value is -0.890. The van der Waals surface area contributed by atoms with Crippen molar-refractivity contribution in [3.63, 3.8) is 0 Å². The van der Waals surface area contributed by atoms with E-state index in [9.17, 15) is 4.39 Å². The van der Waals surface area contributed by atoms with Crippen LogP contribution in [0.4, 0.5) is 4.39 Å². The van der Waals surface area contributed by atoms with Gasteiger partial charge in [0.1, 0.15) is 5.82 Å². The zero-order valence-corrected chi connectivity index (χ0v) is 10.9. The fourth-order valence-electron chi connectivity index (χ4n) is 2.89. The highest BCUT2D eigenvalue weighted by atomic mass is 19.1. The van der Waals surface area contributed by atoms with Gasteiger partial charge in [-0.3, -0.25) is 0 Å². The Morgan fingerprint density at radius 1 is 1.24 bits per heavy atom. The van der Waals surface area contributed by atoms with E-state index < -0.39 is 0 Å². The molecule has 17 heavy (non-hydrogen) atoms. The van der Waals surface area contributed by atoms with Crippen molar-refractivity contribution < 1.29 is 4.39 Å². The Balaban J connectivity index is 2.17. The molecular weight excluding hydrogens is 213 g/mol. The first-order valence-electron chi connectivity index (χ1n) is 6.75. The Morgan fingerprint density at radius 3 is 2.53 bits per heavy atom. The minimum atomic E-state index is -0.000650. The van der Waals surface area contributed by atoms with E-state index >= 15 is 0 Å². The Labute approximate surface area is 104 Å². The summed E-state index contributed by atoms with van der Waals surface area (Å²) in [7, 11) is 0. The molecule has 2 heteroatoms. The molecule has 1 aromatic rings. The van der Waals surface area contributed by atoms with Crippen LogP contribution in [-0.4, -0.2) is 24.5 Å². The molecule has 1 aliphatic rings. The molecule has 2 rings (SSSR count). The molecule has 1 aliphatic heterocycles. The van der Waals surface area contributed by atoms with Gasteiger partial charge in [-0.15, -0.1) is 0 Å². The van der Waals surface area contributed by atoms with Crippen molar-refractivity contribution in [2.24, 2.45) is 0 Å². The molecule has 1 heterocycles. The number of piperidine rings is 1. The second-order valence-corrected chi connectivity index (χ2v) is 4.87. The van der Waals surface area contributed by atoms with E-state index in [4.69, 9.17) is 0 Å². The molecule has 0 spiro atoms. The second kappa shape index (κ2) is 5.63. The smallest absolute Gasteiger partial charge is 0.126 e. The molecule has 0 N–H and O–H groups in total. The fourth-order valence-corrected chi connectivity index (χ4v) is 2.89. The summed E-state index contributed by atoms with van der Waals surface area (Å²) in [4.78, 5) is 2.45. The fraction of sp³-hybridized carbons (Fsp3) is 0.600. The van der Waals surface area contributed by atoms with E-state index in [0.29, 0.717) is 5.92 Å². The van der Waals surface area contributed by atoms with Gasteiger partial charge in [-0.2, -0.15) is 0 Å². The lowest BCUT2D eigenvalue weighted by molar-refractivity contribution is 0.220. The van der Waals surface area contributed by atoms with Crippen LogP contribution < -0.4 is 0 Å². The van der Waals surface area contributed by atoms with Gasteiger partial charge in [-0.05, 0) is 62.0 Å². The molecule has 94 valence electrons. The lowest BCUT2D eigenvalue weighted by Crippen LogP contribution is -2.33. The number of likely N-dealkylation sites (tertiary alicyclic amines) is 1. The van der Waals surface area contributed by atoms with Crippen molar-refractivity contribution >= 4 is 0 Å². The van der Waals surface area contributed by atoms with Crippen LogP contribution in [0.3, 0.4) is 0 Å². The maximum Gasteiger partial charge on any atom is 0.126 e. The highest BCUT2D eigenvalue weighted by Gasteiger charge is 2.23. The number of halogens is 1. The molecule has 0 aliphatic carbocycles. The number of hydrogen-bond acceptors (Lipinski definition) is 1. The largest absolute Gasteiger partial charge is 0.304 e. The van der Waals surface area contributed by atoms with Crippen LogP contribution in [0.5, 0.6) is 0 Å². The van der Waals surface area contributed by atoms with Gasteiger partial charge in [0.2, 0.25) is 0 Å². The molecule has 0 amide bonds. The van der Waals surface area contributed by atoms with E-state index in [-0.39, 0.29) is 5.82 Å². The van der Waals surface area contributed by atoms with Crippen LogP contribution >= 0.6 is 0 Å². The molecule has 1 saturated heterocycles. The van der Waals surface area contributed by atoms with Gasteiger partial charge in [0.05, 0.1) is 0 Å². The third-order valence-corrected chi connectivity index (χ3v) is 3.97. The zero-order chi connectivity index (χ0) is 12.3.